The predicted molar refractivity (Wildman–Crippen MR) is 243 cm³/mol. The Balaban J connectivity index is 0.00000115. The summed E-state index contributed by atoms with van der Waals surface area (Å²) in [6, 6.07) is 38.4. The Morgan fingerprint density at radius 2 is 1.29 bits per heavy atom. The molecule has 0 spiro atoms. The Bertz CT molecular complexity index is 2130. The molecule has 5 rings (SSSR count). The number of alkyl halides is 3. The van der Waals surface area contributed by atoms with Crippen LogP contribution < -0.4 is 25.8 Å². The molecule has 17 heteroatoms. The van der Waals surface area contributed by atoms with Crippen molar-refractivity contribution in [3.8, 4) is 5.75 Å². The molecular weight excluding hydrogens is 894 g/mol. The van der Waals surface area contributed by atoms with Crippen LogP contribution in [0, 0.1) is 5.92 Å². The SMILES string of the molecule is COC(=O)COC(=O)C(=C(C)C)N1C(=O)[C@H]([C@@H](C)O[Si](C)(C)C(C)(C)C)[C@H]1SC(Oc1ccc(Cl)cc1)[P+](c1ccccc1)(c1ccccc1)c1ccccc1.O=C([O-])C(F)(F)F. The molecule has 4 aromatic rings. The normalized spacial score (nSPS) is 16.3. The third kappa shape index (κ3) is 12.1. The number of methoxy groups -OCH3 is 1. The van der Waals surface area contributed by atoms with Gasteiger partial charge in [-0.2, -0.15) is 13.2 Å². The minimum absolute atomic E-state index is 0.0699. The van der Waals surface area contributed by atoms with Gasteiger partial charge in [0.1, 0.15) is 38.7 Å². The molecule has 0 N–H and O–H groups in total. The van der Waals surface area contributed by atoms with Crippen molar-refractivity contribution in [2.75, 3.05) is 13.7 Å². The summed E-state index contributed by atoms with van der Waals surface area (Å²) in [5.74, 6) is -4.84. The van der Waals surface area contributed by atoms with Crippen LogP contribution in [0.1, 0.15) is 41.5 Å². The lowest BCUT2D eigenvalue weighted by Crippen LogP contribution is -2.65. The van der Waals surface area contributed by atoms with Gasteiger partial charge >= 0.3 is 18.1 Å². The zero-order chi connectivity index (χ0) is 46.9. The van der Waals surface area contributed by atoms with Gasteiger partial charge in [-0.15, -0.1) is 0 Å². The summed E-state index contributed by atoms with van der Waals surface area (Å²) in [6.45, 7) is 15.7. The third-order valence-corrected chi connectivity index (χ3v) is 22.0. The molecule has 1 amide bonds. The van der Waals surface area contributed by atoms with E-state index in [4.69, 9.17) is 40.1 Å². The molecule has 338 valence electrons. The number of carbonyl (C=O) groups is 4. The van der Waals surface area contributed by atoms with Crippen molar-refractivity contribution in [1.82, 2.24) is 4.90 Å². The Labute approximate surface area is 377 Å². The van der Waals surface area contributed by atoms with Crippen LogP contribution in [0.25, 0.3) is 0 Å². The van der Waals surface area contributed by atoms with Crippen LogP contribution in [-0.4, -0.2) is 73.6 Å². The second kappa shape index (κ2) is 21.3. The number of carboxylic acids is 1. The van der Waals surface area contributed by atoms with E-state index in [1.165, 1.54) is 23.8 Å². The number of carbonyl (C=O) groups excluding carboxylic acids is 4. The minimum atomic E-state index is -5.19. The Hall–Kier alpha value is -4.66. The number of β-lactam (4-membered cyclic amide) rings is 1. The molecule has 63 heavy (non-hydrogen) atoms. The third-order valence-electron chi connectivity index (χ3n) is 10.7. The molecule has 1 aliphatic heterocycles. The number of esters is 2. The summed E-state index contributed by atoms with van der Waals surface area (Å²) in [5.41, 5.74) is 0.626. The first-order chi connectivity index (χ1) is 29.5. The van der Waals surface area contributed by atoms with Crippen molar-refractivity contribution >= 4 is 78.7 Å². The fourth-order valence-corrected chi connectivity index (χ4v) is 15.4. The first-order valence-corrected chi connectivity index (χ1v) is 25.9. The van der Waals surface area contributed by atoms with E-state index in [1.54, 1.807) is 26.0 Å². The number of allylic oxidation sites excluding steroid dienone is 1. The van der Waals surface area contributed by atoms with Gasteiger partial charge in [0, 0.05) is 5.02 Å². The van der Waals surface area contributed by atoms with E-state index in [0.29, 0.717) is 16.3 Å². The van der Waals surface area contributed by atoms with Gasteiger partial charge in [-0.25, -0.2) is 9.59 Å². The van der Waals surface area contributed by atoms with Crippen LogP contribution in [0.15, 0.2) is 127 Å². The van der Waals surface area contributed by atoms with Crippen molar-refractivity contribution in [2.24, 2.45) is 5.92 Å². The van der Waals surface area contributed by atoms with Gasteiger partial charge in [-0.1, -0.05) is 87.0 Å². The van der Waals surface area contributed by atoms with Crippen molar-refractivity contribution in [3.05, 3.63) is 132 Å². The largest absolute Gasteiger partial charge is 0.542 e. The molecule has 4 aromatic carbocycles. The molecule has 1 heterocycles. The molecule has 10 nitrogen and oxygen atoms in total. The zero-order valence-electron chi connectivity index (χ0n) is 36.5. The average molecular weight is 946 g/mol. The molecule has 4 atom stereocenters. The lowest BCUT2D eigenvalue weighted by Gasteiger charge is -2.52. The number of hydrogen-bond donors (Lipinski definition) is 0. The molecule has 1 fully saturated rings. The number of ether oxygens (including phenoxy) is 3. The lowest BCUT2D eigenvalue weighted by atomic mass is 9.91. The quantitative estimate of drug-likeness (QED) is 0.0287. The van der Waals surface area contributed by atoms with E-state index < -0.39 is 68.8 Å². The maximum Gasteiger partial charge on any atom is 0.430 e. The molecule has 1 saturated heterocycles. The number of benzene rings is 4. The predicted octanol–water partition coefficient (Wildman–Crippen LogP) is 8.23. The highest BCUT2D eigenvalue weighted by Gasteiger charge is 2.62. The summed E-state index contributed by atoms with van der Waals surface area (Å²) in [7, 11) is -3.95. The maximum atomic E-state index is 14.7. The van der Waals surface area contributed by atoms with Crippen LogP contribution in [0.3, 0.4) is 0 Å². The van der Waals surface area contributed by atoms with E-state index in [-0.39, 0.29) is 16.6 Å². The second-order valence-electron chi connectivity index (χ2n) is 16.2. The molecule has 0 aromatic heterocycles. The Kier molecular flexibility index (Phi) is 17.3. The topological polar surface area (TPSA) is 132 Å². The van der Waals surface area contributed by atoms with Gasteiger partial charge in [0.2, 0.25) is 5.91 Å². The van der Waals surface area contributed by atoms with E-state index >= 15 is 0 Å². The number of thioether (sulfide) groups is 1. The van der Waals surface area contributed by atoms with Crippen LogP contribution in [0.5, 0.6) is 5.75 Å². The highest BCUT2D eigenvalue weighted by Crippen LogP contribution is 2.65. The summed E-state index contributed by atoms with van der Waals surface area (Å²) < 4.78 is 55.9. The molecule has 0 aliphatic carbocycles. The number of amides is 1. The first-order valence-electron chi connectivity index (χ1n) is 19.8. The molecule has 0 saturated carbocycles. The van der Waals surface area contributed by atoms with Crippen LogP contribution in [-0.2, 0) is 33.1 Å². The monoisotopic (exact) mass is 945 g/mol. The van der Waals surface area contributed by atoms with Gasteiger partial charge < -0.3 is 28.5 Å². The van der Waals surface area contributed by atoms with Gasteiger partial charge in [0.05, 0.1) is 19.1 Å². The number of aliphatic carboxylic acids is 1. The Morgan fingerprint density at radius 1 is 0.841 bits per heavy atom. The van der Waals surface area contributed by atoms with Crippen molar-refractivity contribution in [1.29, 1.82) is 0 Å². The average Bonchev–Trinajstić information content (AvgIpc) is 3.22. The zero-order valence-corrected chi connectivity index (χ0v) is 39.9. The number of nitrogens with zero attached hydrogens (tertiary/aromatic N) is 1. The van der Waals surface area contributed by atoms with Crippen molar-refractivity contribution < 1.29 is 56.1 Å². The van der Waals surface area contributed by atoms with Crippen molar-refractivity contribution in [3.63, 3.8) is 0 Å². The lowest BCUT2D eigenvalue weighted by molar-refractivity contribution is -0.344. The minimum Gasteiger partial charge on any atom is -0.542 e. The van der Waals surface area contributed by atoms with E-state index in [9.17, 15) is 27.6 Å². The number of likely N-dealkylation sites (tertiary alicyclic amines) is 1. The molecular formula is C46H52ClF3NO9PSSi. The first kappa shape index (κ1) is 51.0. The number of halogens is 4. The second-order valence-corrected chi connectivity index (χ2v) is 26.4. The van der Waals surface area contributed by atoms with Crippen LogP contribution >= 0.6 is 30.6 Å². The molecule has 0 bridgehead atoms. The highest BCUT2D eigenvalue weighted by molar-refractivity contribution is 8.14. The summed E-state index contributed by atoms with van der Waals surface area (Å²) in [4.78, 5) is 51.0. The van der Waals surface area contributed by atoms with Gasteiger partial charge in [-0.3, -0.25) is 9.69 Å². The fourth-order valence-electron chi connectivity index (χ4n) is 6.56. The molecule has 1 aliphatic rings. The standard InChI is InChI=1S/C44H52ClNO7PSSi.C2HF3O2/c1-30(2)39(42(49)51-29-37(47)50-7)46-40(48)38(31(3)53-56(8,9)44(4,5)6)41(46)55-43(52-33-27-25-32(45)26-28-33)54(34-19-13-10-14-20-34,35-21-15-11-16-22-35)36-23-17-12-18-24-36;3-2(4,5)1(6)7/h10-28,31,38,41,43H,29H2,1-9H3;(H,6,7)/q+1;/p-1/t31-,38+,41-,43?;/m1./s1. The number of rotatable bonds is 15. The fraction of sp³-hybridized carbons (Fsp3) is 0.348. The van der Waals surface area contributed by atoms with E-state index in [0.717, 1.165) is 15.9 Å². The van der Waals surface area contributed by atoms with Crippen molar-refractivity contribution in [2.45, 2.75) is 82.5 Å². The van der Waals surface area contributed by atoms with Gasteiger partial charge in [0.25, 0.3) is 5.18 Å². The van der Waals surface area contributed by atoms with E-state index in [2.05, 4.69) is 70.3 Å². The Morgan fingerprint density at radius 3 is 1.67 bits per heavy atom. The smallest absolute Gasteiger partial charge is 0.430 e. The molecule has 0 radical (unpaired) electrons. The maximum absolute atomic E-state index is 14.7. The summed E-state index contributed by atoms with van der Waals surface area (Å²) in [5, 5.41) is 11.2. The number of carboxylic acid groups (broad SMARTS) is 1. The molecule has 1 unspecified atom stereocenters. The van der Waals surface area contributed by atoms with E-state index in [1.807, 2.05) is 73.7 Å². The van der Waals surface area contributed by atoms with Gasteiger partial charge in [0.15, 0.2) is 22.2 Å². The van der Waals surface area contributed by atoms with Crippen LogP contribution in [0.2, 0.25) is 23.2 Å². The van der Waals surface area contributed by atoms with Crippen LogP contribution in [0.4, 0.5) is 13.2 Å². The summed E-state index contributed by atoms with van der Waals surface area (Å²) in [6.07, 6.45) is -5.70. The van der Waals surface area contributed by atoms with Gasteiger partial charge in [-0.05, 0) is 117 Å². The number of hydrogen-bond acceptors (Lipinski definition) is 10. The summed E-state index contributed by atoms with van der Waals surface area (Å²) >= 11 is 7.87. The highest BCUT2D eigenvalue weighted by atomic mass is 35.5.